The number of thiophene rings is 1. The Balaban J connectivity index is 1.71. The van der Waals surface area contributed by atoms with E-state index in [0.29, 0.717) is 6.42 Å². The van der Waals surface area contributed by atoms with Crippen molar-refractivity contribution in [2.24, 2.45) is 0 Å². The van der Waals surface area contributed by atoms with Gasteiger partial charge in [0.25, 0.3) is 0 Å². The number of rotatable bonds is 7. The predicted molar refractivity (Wildman–Crippen MR) is 92.7 cm³/mol. The largest absolute Gasteiger partial charge is 0.302 e. The highest BCUT2D eigenvalue weighted by Crippen LogP contribution is 2.14. The number of nitrogens with zero attached hydrogens (tertiary/aromatic N) is 3. The Morgan fingerprint density at radius 1 is 1.18 bits per heavy atom. The molecule has 0 atom stereocenters. The zero-order valence-corrected chi connectivity index (χ0v) is 15.2. The summed E-state index contributed by atoms with van der Waals surface area (Å²) >= 11 is 1.82. The van der Waals surface area contributed by atoms with Crippen LogP contribution in [0.4, 0.5) is 0 Å². The molecule has 0 spiro atoms. The van der Waals surface area contributed by atoms with Crippen molar-refractivity contribution in [3.63, 3.8) is 0 Å². The molecular formula is C15H27N3O2S2. The van der Waals surface area contributed by atoms with Crippen molar-refractivity contribution in [3.8, 4) is 0 Å². The van der Waals surface area contributed by atoms with Gasteiger partial charge >= 0.3 is 0 Å². The first-order valence-electron chi connectivity index (χ1n) is 7.85. The van der Waals surface area contributed by atoms with Crippen LogP contribution in [0.5, 0.6) is 0 Å². The number of sulfonamides is 1. The molecule has 0 radical (unpaired) electrons. The van der Waals surface area contributed by atoms with Gasteiger partial charge < -0.3 is 4.90 Å². The van der Waals surface area contributed by atoms with Crippen LogP contribution >= 0.6 is 11.3 Å². The zero-order chi connectivity index (χ0) is 16.0. The molecule has 126 valence electrons. The second-order valence-corrected chi connectivity index (χ2v) is 9.34. The smallest absolute Gasteiger partial charge is 0.213 e. The van der Waals surface area contributed by atoms with Crippen LogP contribution in [-0.4, -0.2) is 75.1 Å². The molecule has 1 fully saturated rings. The Bertz CT molecular complexity index is 529. The molecule has 0 saturated carbocycles. The van der Waals surface area contributed by atoms with Crippen LogP contribution in [0.15, 0.2) is 17.5 Å². The lowest BCUT2D eigenvalue weighted by Crippen LogP contribution is -2.33. The van der Waals surface area contributed by atoms with E-state index in [-0.39, 0.29) is 5.75 Å². The topological polar surface area (TPSA) is 43.9 Å². The summed E-state index contributed by atoms with van der Waals surface area (Å²) in [4.78, 5) is 6.33. The summed E-state index contributed by atoms with van der Waals surface area (Å²) < 4.78 is 24.9. The monoisotopic (exact) mass is 345 g/mol. The molecule has 0 amide bonds. The Labute approximate surface area is 138 Å². The lowest BCUT2D eigenvalue weighted by Gasteiger charge is -2.21. The van der Waals surface area contributed by atoms with Gasteiger partial charge in [-0.15, -0.1) is 11.3 Å². The second-order valence-electron chi connectivity index (χ2n) is 6.00. The minimum Gasteiger partial charge on any atom is -0.302 e. The molecule has 1 aromatic heterocycles. The van der Waals surface area contributed by atoms with Crippen molar-refractivity contribution < 1.29 is 8.42 Å². The van der Waals surface area contributed by atoms with Crippen molar-refractivity contribution in [1.29, 1.82) is 0 Å². The maximum atomic E-state index is 11.8. The van der Waals surface area contributed by atoms with Crippen molar-refractivity contribution in [2.45, 2.75) is 19.4 Å². The summed E-state index contributed by atoms with van der Waals surface area (Å²) in [6.07, 6.45) is 1.87. The minimum absolute atomic E-state index is 0.245. The Morgan fingerprint density at radius 3 is 2.59 bits per heavy atom. The highest BCUT2D eigenvalue weighted by atomic mass is 32.2. The van der Waals surface area contributed by atoms with E-state index < -0.39 is 10.0 Å². The van der Waals surface area contributed by atoms with Gasteiger partial charge in [0.2, 0.25) is 10.0 Å². The fraction of sp³-hybridized carbons (Fsp3) is 0.733. The van der Waals surface area contributed by atoms with E-state index in [4.69, 9.17) is 0 Å². The Kier molecular flexibility index (Phi) is 6.83. The molecule has 7 heteroatoms. The van der Waals surface area contributed by atoms with Gasteiger partial charge in [-0.1, -0.05) is 6.07 Å². The Hall–Kier alpha value is -0.470. The third-order valence-corrected chi connectivity index (χ3v) is 6.85. The van der Waals surface area contributed by atoms with Gasteiger partial charge in [-0.25, -0.2) is 12.7 Å². The zero-order valence-electron chi connectivity index (χ0n) is 13.6. The van der Waals surface area contributed by atoms with E-state index >= 15 is 0 Å². The molecule has 1 aliphatic rings. The van der Waals surface area contributed by atoms with Crippen LogP contribution in [0.25, 0.3) is 0 Å². The first-order valence-corrected chi connectivity index (χ1v) is 10.3. The molecule has 5 nitrogen and oxygen atoms in total. The van der Waals surface area contributed by atoms with Crippen molar-refractivity contribution >= 4 is 21.4 Å². The van der Waals surface area contributed by atoms with E-state index in [9.17, 15) is 8.42 Å². The lowest BCUT2D eigenvalue weighted by atomic mass is 10.3. The molecule has 0 aromatic carbocycles. The fourth-order valence-electron chi connectivity index (χ4n) is 2.68. The molecule has 1 saturated heterocycles. The maximum absolute atomic E-state index is 11.8. The summed E-state index contributed by atoms with van der Waals surface area (Å²) in [6, 6.07) is 4.30. The van der Waals surface area contributed by atoms with Gasteiger partial charge in [-0.2, -0.15) is 0 Å². The summed E-state index contributed by atoms with van der Waals surface area (Å²) in [6.45, 7) is 6.22. The average molecular weight is 346 g/mol. The average Bonchev–Trinajstić information content (AvgIpc) is 2.86. The van der Waals surface area contributed by atoms with Gasteiger partial charge in [0.1, 0.15) is 0 Å². The molecule has 0 unspecified atom stereocenters. The standard InChI is InChI=1S/C15H27N3O2S2/c1-16(2)22(19,20)13-5-9-17-7-4-8-18(11-10-17)14-15-6-3-12-21-15/h3,6,12H,4-5,7-11,13-14H2,1-2H3. The lowest BCUT2D eigenvalue weighted by molar-refractivity contribution is 0.253. The van der Waals surface area contributed by atoms with E-state index in [2.05, 4.69) is 27.3 Å². The van der Waals surface area contributed by atoms with Crippen LogP contribution in [0.1, 0.15) is 17.7 Å². The highest BCUT2D eigenvalue weighted by Gasteiger charge is 2.17. The van der Waals surface area contributed by atoms with Crippen LogP contribution in [0.2, 0.25) is 0 Å². The second kappa shape index (κ2) is 8.40. The predicted octanol–water partition coefficient (Wildman–Crippen LogP) is 1.54. The van der Waals surface area contributed by atoms with Gasteiger partial charge in [-0.3, -0.25) is 4.90 Å². The molecule has 0 aliphatic carbocycles. The highest BCUT2D eigenvalue weighted by molar-refractivity contribution is 7.89. The molecule has 2 heterocycles. The molecular weight excluding hydrogens is 318 g/mol. The molecule has 1 aromatic rings. The maximum Gasteiger partial charge on any atom is 0.213 e. The quantitative estimate of drug-likeness (QED) is 0.752. The van der Waals surface area contributed by atoms with Crippen LogP contribution in [0, 0.1) is 0 Å². The van der Waals surface area contributed by atoms with Gasteiger partial charge in [0, 0.05) is 38.6 Å². The van der Waals surface area contributed by atoms with Gasteiger partial charge in [-0.05, 0) is 43.9 Å². The molecule has 22 heavy (non-hydrogen) atoms. The molecule has 2 rings (SSSR count). The summed E-state index contributed by atoms with van der Waals surface area (Å²) in [7, 11) is 0.146. The first-order chi connectivity index (χ1) is 10.5. The van der Waals surface area contributed by atoms with E-state index in [1.807, 2.05) is 11.3 Å². The van der Waals surface area contributed by atoms with Crippen molar-refractivity contribution in [1.82, 2.24) is 14.1 Å². The molecule has 1 aliphatic heterocycles. The van der Waals surface area contributed by atoms with E-state index in [1.54, 1.807) is 14.1 Å². The van der Waals surface area contributed by atoms with Gasteiger partial charge in [0.15, 0.2) is 0 Å². The number of hydrogen-bond donors (Lipinski definition) is 0. The van der Waals surface area contributed by atoms with E-state index in [0.717, 1.165) is 45.7 Å². The third kappa shape index (κ3) is 5.62. The Morgan fingerprint density at radius 2 is 1.91 bits per heavy atom. The van der Waals surface area contributed by atoms with E-state index in [1.165, 1.54) is 9.18 Å². The molecule has 0 bridgehead atoms. The normalized spacial score (nSPS) is 18.7. The summed E-state index contributed by atoms with van der Waals surface area (Å²) in [5.41, 5.74) is 0. The fourth-order valence-corrected chi connectivity index (χ4v) is 4.29. The van der Waals surface area contributed by atoms with Crippen LogP contribution in [0.3, 0.4) is 0 Å². The molecule has 0 N–H and O–H groups in total. The SMILES string of the molecule is CN(C)S(=O)(=O)CCCN1CCCN(Cc2cccs2)CC1. The number of hydrogen-bond acceptors (Lipinski definition) is 5. The van der Waals surface area contributed by atoms with Gasteiger partial charge in [0.05, 0.1) is 5.75 Å². The van der Waals surface area contributed by atoms with Crippen LogP contribution in [-0.2, 0) is 16.6 Å². The third-order valence-electron chi connectivity index (χ3n) is 4.07. The van der Waals surface area contributed by atoms with Crippen LogP contribution < -0.4 is 0 Å². The minimum atomic E-state index is -3.06. The summed E-state index contributed by atoms with van der Waals surface area (Å²) in [5, 5.41) is 2.13. The van der Waals surface area contributed by atoms with Crippen molar-refractivity contribution in [3.05, 3.63) is 22.4 Å². The summed E-state index contributed by atoms with van der Waals surface area (Å²) in [5.74, 6) is 0.245. The first kappa shape index (κ1) is 17.9. The van der Waals surface area contributed by atoms with Crippen molar-refractivity contribution in [2.75, 3.05) is 52.6 Å².